The first-order valence-corrected chi connectivity index (χ1v) is 10.2. The van der Waals surface area contributed by atoms with Crippen molar-refractivity contribution in [1.82, 2.24) is 15.0 Å². The molecule has 1 aliphatic heterocycles. The van der Waals surface area contributed by atoms with E-state index in [-0.39, 0.29) is 59.1 Å². The van der Waals surface area contributed by atoms with E-state index in [0.717, 1.165) is 0 Å². The predicted octanol–water partition coefficient (Wildman–Crippen LogP) is 5.59. The van der Waals surface area contributed by atoms with E-state index in [1.54, 1.807) is 0 Å². The molecule has 0 amide bonds. The molecular formula is C21H18ClF5N4O. The number of H-pyrrole nitrogens is 1. The van der Waals surface area contributed by atoms with Gasteiger partial charge in [-0.15, -0.1) is 0 Å². The number of pyridine rings is 3. The molecule has 0 atom stereocenters. The standard InChI is InChI=1S/C21H18ClF5N4O/c1-11-9-12(14-10-15(32)16-13(29-14)3-6-28-18(16)22)19(30-17(11)21(25,26)27)31-7-2-4-20(23,24)5-8-31/h3,6,9-10H,2,4-5,7-8H2,1H3,(H,29,32). The second-order valence-electron chi connectivity index (χ2n) is 7.79. The zero-order valence-corrected chi connectivity index (χ0v) is 17.6. The molecule has 0 aliphatic carbocycles. The first-order valence-electron chi connectivity index (χ1n) is 9.86. The van der Waals surface area contributed by atoms with Crippen LogP contribution in [-0.4, -0.2) is 34.0 Å². The van der Waals surface area contributed by atoms with Crippen molar-refractivity contribution in [2.45, 2.75) is 38.3 Å². The van der Waals surface area contributed by atoms with Crippen LogP contribution in [0.4, 0.5) is 27.8 Å². The third kappa shape index (κ3) is 4.28. The number of hydrogen-bond acceptors (Lipinski definition) is 4. The van der Waals surface area contributed by atoms with E-state index in [1.165, 1.54) is 36.2 Å². The van der Waals surface area contributed by atoms with Gasteiger partial charge < -0.3 is 9.88 Å². The van der Waals surface area contributed by atoms with E-state index in [1.807, 2.05) is 0 Å². The Morgan fingerprint density at radius 3 is 2.66 bits per heavy atom. The summed E-state index contributed by atoms with van der Waals surface area (Å²) < 4.78 is 68.5. The minimum atomic E-state index is -4.72. The Balaban J connectivity index is 1.93. The molecule has 1 aliphatic rings. The van der Waals surface area contributed by atoms with Crippen molar-refractivity contribution >= 4 is 28.3 Å². The van der Waals surface area contributed by atoms with Crippen LogP contribution < -0.4 is 10.3 Å². The van der Waals surface area contributed by atoms with Gasteiger partial charge in [0.15, 0.2) is 5.43 Å². The molecule has 1 fully saturated rings. The molecule has 170 valence electrons. The highest BCUT2D eigenvalue weighted by Gasteiger charge is 2.37. The Bertz CT molecular complexity index is 1240. The lowest BCUT2D eigenvalue weighted by molar-refractivity contribution is -0.141. The molecule has 0 radical (unpaired) electrons. The molecule has 4 rings (SSSR count). The zero-order chi connectivity index (χ0) is 23.3. The predicted molar refractivity (Wildman–Crippen MR) is 111 cm³/mol. The van der Waals surface area contributed by atoms with Crippen LogP contribution in [0.25, 0.3) is 22.2 Å². The molecule has 0 unspecified atom stereocenters. The third-order valence-electron chi connectivity index (χ3n) is 5.47. The Labute approximate surface area is 184 Å². The lowest BCUT2D eigenvalue weighted by atomic mass is 10.1. The van der Waals surface area contributed by atoms with E-state index in [0.29, 0.717) is 5.52 Å². The van der Waals surface area contributed by atoms with Gasteiger partial charge in [-0.2, -0.15) is 13.2 Å². The third-order valence-corrected chi connectivity index (χ3v) is 5.75. The number of hydrogen-bond donors (Lipinski definition) is 1. The normalized spacial score (nSPS) is 16.9. The first kappa shape index (κ1) is 22.4. The molecule has 3 aromatic heterocycles. The van der Waals surface area contributed by atoms with Crippen molar-refractivity contribution in [3.63, 3.8) is 0 Å². The van der Waals surface area contributed by atoms with Gasteiger partial charge in [0.2, 0.25) is 5.92 Å². The number of aromatic amines is 1. The summed E-state index contributed by atoms with van der Waals surface area (Å²) in [5.41, 5.74) is -0.948. The number of aromatic nitrogens is 3. The Kier molecular flexibility index (Phi) is 5.60. The van der Waals surface area contributed by atoms with Gasteiger partial charge in [-0.05, 0) is 31.0 Å². The van der Waals surface area contributed by atoms with Crippen LogP contribution in [0.5, 0.6) is 0 Å². The van der Waals surface area contributed by atoms with Crippen LogP contribution in [0, 0.1) is 6.92 Å². The van der Waals surface area contributed by atoms with Crippen molar-refractivity contribution in [2.75, 3.05) is 18.0 Å². The van der Waals surface area contributed by atoms with Gasteiger partial charge >= 0.3 is 6.18 Å². The Morgan fingerprint density at radius 1 is 1.19 bits per heavy atom. The molecule has 1 N–H and O–H groups in total. The highest BCUT2D eigenvalue weighted by atomic mass is 35.5. The van der Waals surface area contributed by atoms with Gasteiger partial charge in [0, 0.05) is 43.8 Å². The lowest BCUT2D eigenvalue weighted by Crippen LogP contribution is -2.28. The monoisotopic (exact) mass is 472 g/mol. The number of fused-ring (bicyclic) bond motifs is 1. The fourth-order valence-electron chi connectivity index (χ4n) is 3.91. The molecule has 4 heterocycles. The highest BCUT2D eigenvalue weighted by molar-refractivity contribution is 6.34. The van der Waals surface area contributed by atoms with Gasteiger partial charge in [0.25, 0.3) is 0 Å². The Morgan fingerprint density at radius 2 is 1.94 bits per heavy atom. The minimum Gasteiger partial charge on any atom is -0.356 e. The summed E-state index contributed by atoms with van der Waals surface area (Å²) in [5, 5.41) is 0.137. The van der Waals surface area contributed by atoms with E-state index < -0.39 is 29.6 Å². The van der Waals surface area contributed by atoms with Crippen LogP contribution in [0.3, 0.4) is 0 Å². The molecule has 0 saturated carbocycles. The summed E-state index contributed by atoms with van der Waals surface area (Å²) >= 11 is 6.01. The molecular weight excluding hydrogens is 455 g/mol. The summed E-state index contributed by atoms with van der Waals surface area (Å²) in [6, 6.07) is 3.99. The van der Waals surface area contributed by atoms with Crippen molar-refractivity contribution in [3.8, 4) is 11.3 Å². The number of rotatable bonds is 2. The fraction of sp³-hybridized carbons (Fsp3) is 0.381. The molecule has 32 heavy (non-hydrogen) atoms. The van der Waals surface area contributed by atoms with Crippen LogP contribution in [0.2, 0.25) is 5.15 Å². The van der Waals surface area contributed by atoms with E-state index >= 15 is 0 Å². The zero-order valence-electron chi connectivity index (χ0n) is 16.9. The van der Waals surface area contributed by atoms with E-state index in [4.69, 9.17) is 11.6 Å². The SMILES string of the molecule is Cc1cc(-c2cc(=O)c3c(Cl)nccc3[nH]2)c(N2CCCC(F)(F)CC2)nc1C(F)(F)F. The quantitative estimate of drug-likeness (QED) is 0.390. The van der Waals surface area contributed by atoms with Crippen LogP contribution in [0.1, 0.15) is 30.5 Å². The van der Waals surface area contributed by atoms with Crippen molar-refractivity contribution < 1.29 is 22.0 Å². The van der Waals surface area contributed by atoms with E-state index in [2.05, 4.69) is 15.0 Å². The largest absolute Gasteiger partial charge is 0.433 e. The second-order valence-corrected chi connectivity index (χ2v) is 8.15. The number of halogens is 6. The van der Waals surface area contributed by atoms with Gasteiger partial charge in [-0.1, -0.05) is 11.6 Å². The lowest BCUT2D eigenvalue weighted by Gasteiger charge is -2.26. The summed E-state index contributed by atoms with van der Waals surface area (Å²) in [6.07, 6.45) is -4.09. The number of aryl methyl sites for hydroxylation is 1. The summed E-state index contributed by atoms with van der Waals surface area (Å²) in [4.78, 5) is 24.8. The Hall–Kier alpha value is -2.75. The molecule has 1 saturated heterocycles. The highest BCUT2D eigenvalue weighted by Crippen LogP contribution is 2.38. The first-order chi connectivity index (χ1) is 15.0. The van der Waals surface area contributed by atoms with Gasteiger partial charge in [-0.25, -0.2) is 18.7 Å². The van der Waals surface area contributed by atoms with Crippen LogP contribution in [0.15, 0.2) is 29.2 Å². The topological polar surface area (TPSA) is 61.9 Å². The van der Waals surface area contributed by atoms with Crippen molar-refractivity contribution in [2.24, 2.45) is 0 Å². The molecule has 0 bridgehead atoms. The fourth-order valence-corrected chi connectivity index (χ4v) is 4.16. The average Bonchev–Trinajstić information content (AvgIpc) is 2.87. The van der Waals surface area contributed by atoms with Crippen molar-refractivity contribution in [3.05, 3.63) is 51.0 Å². The van der Waals surface area contributed by atoms with E-state index in [9.17, 15) is 26.7 Å². The number of nitrogens with one attached hydrogen (secondary N) is 1. The summed E-state index contributed by atoms with van der Waals surface area (Å²) in [7, 11) is 0. The molecule has 5 nitrogen and oxygen atoms in total. The van der Waals surface area contributed by atoms with Crippen LogP contribution in [-0.2, 0) is 6.18 Å². The summed E-state index contributed by atoms with van der Waals surface area (Å²) in [6.45, 7) is 1.21. The van der Waals surface area contributed by atoms with Crippen LogP contribution >= 0.6 is 11.6 Å². The second kappa shape index (κ2) is 7.99. The van der Waals surface area contributed by atoms with Gasteiger partial charge in [-0.3, -0.25) is 4.79 Å². The maximum atomic E-state index is 13.9. The van der Waals surface area contributed by atoms with Gasteiger partial charge in [0.05, 0.1) is 16.6 Å². The summed E-state index contributed by atoms with van der Waals surface area (Å²) in [5.74, 6) is -3.00. The maximum Gasteiger partial charge on any atom is 0.433 e. The smallest absolute Gasteiger partial charge is 0.356 e. The van der Waals surface area contributed by atoms with Gasteiger partial charge in [0.1, 0.15) is 16.7 Å². The number of nitrogens with zero attached hydrogens (tertiary/aromatic N) is 3. The van der Waals surface area contributed by atoms with Crippen molar-refractivity contribution in [1.29, 1.82) is 0 Å². The number of anilines is 1. The molecule has 0 aromatic carbocycles. The molecule has 11 heteroatoms. The minimum absolute atomic E-state index is 0.00741. The number of alkyl halides is 5. The molecule has 0 spiro atoms. The average molecular weight is 473 g/mol. The maximum absolute atomic E-state index is 13.9. The molecule has 3 aromatic rings.